The maximum absolute atomic E-state index is 12.7. The molecule has 3 aromatic rings. The standard InChI is InChI=1S/C23H26N4O4/c1-2-11-24-23(30)27-19(15-6-3-4-7-15)14-18(26-27)17-13-16(9-10-20(17)28)25-22(29)21-8-5-12-31-21/h5,8-10,12-15,28H,2-4,6-7,11H2,1H3,(H,24,30)(H,25,29). The summed E-state index contributed by atoms with van der Waals surface area (Å²) in [6.07, 6.45) is 6.53. The van der Waals surface area contributed by atoms with Gasteiger partial charge in [0.1, 0.15) is 5.75 Å². The van der Waals surface area contributed by atoms with Gasteiger partial charge in [-0.1, -0.05) is 19.8 Å². The Labute approximate surface area is 180 Å². The molecule has 2 amide bonds. The maximum atomic E-state index is 12.7. The van der Waals surface area contributed by atoms with Crippen molar-refractivity contribution in [2.45, 2.75) is 44.9 Å². The number of phenolic OH excluding ortho intramolecular Hbond substituents is 1. The van der Waals surface area contributed by atoms with Crippen LogP contribution in [-0.4, -0.2) is 33.4 Å². The Hall–Kier alpha value is -3.55. The second-order valence-electron chi connectivity index (χ2n) is 7.74. The van der Waals surface area contributed by atoms with Gasteiger partial charge < -0.3 is 20.2 Å². The van der Waals surface area contributed by atoms with Crippen molar-refractivity contribution in [2.24, 2.45) is 0 Å². The normalized spacial score (nSPS) is 14.0. The molecule has 1 aromatic carbocycles. The van der Waals surface area contributed by atoms with E-state index in [2.05, 4.69) is 15.7 Å². The van der Waals surface area contributed by atoms with Crippen molar-refractivity contribution in [3.05, 3.63) is 54.1 Å². The third kappa shape index (κ3) is 4.47. The molecule has 31 heavy (non-hydrogen) atoms. The van der Waals surface area contributed by atoms with Crippen LogP contribution < -0.4 is 10.6 Å². The number of benzene rings is 1. The van der Waals surface area contributed by atoms with Gasteiger partial charge in [-0.05, 0) is 55.7 Å². The van der Waals surface area contributed by atoms with E-state index in [4.69, 9.17) is 4.42 Å². The van der Waals surface area contributed by atoms with Crippen molar-refractivity contribution in [2.75, 3.05) is 11.9 Å². The van der Waals surface area contributed by atoms with E-state index in [0.29, 0.717) is 23.5 Å². The van der Waals surface area contributed by atoms with Crippen LogP contribution in [0.2, 0.25) is 0 Å². The van der Waals surface area contributed by atoms with E-state index in [1.165, 1.54) is 17.0 Å². The zero-order chi connectivity index (χ0) is 21.8. The molecule has 0 radical (unpaired) electrons. The summed E-state index contributed by atoms with van der Waals surface area (Å²) >= 11 is 0. The molecule has 0 bridgehead atoms. The molecule has 1 aliphatic carbocycles. The van der Waals surface area contributed by atoms with Gasteiger partial charge in [-0.15, -0.1) is 0 Å². The lowest BCUT2D eigenvalue weighted by Crippen LogP contribution is -2.31. The van der Waals surface area contributed by atoms with E-state index in [0.717, 1.165) is 37.8 Å². The van der Waals surface area contributed by atoms with Gasteiger partial charge in [0.2, 0.25) is 0 Å². The Morgan fingerprint density at radius 3 is 2.74 bits per heavy atom. The quantitative estimate of drug-likeness (QED) is 0.498. The fourth-order valence-corrected chi connectivity index (χ4v) is 3.93. The van der Waals surface area contributed by atoms with E-state index in [-0.39, 0.29) is 23.5 Å². The third-order valence-electron chi connectivity index (χ3n) is 5.50. The van der Waals surface area contributed by atoms with Crippen LogP contribution in [0.4, 0.5) is 10.5 Å². The summed E-state index contributed by atoms with van der Waals surface area (Å²) in [5.74, 6) is 0.0815. The average Bonchev–Trinajstić information content (AvgIpc) is 3.54. The fraction of sp³-hybridized carbons (Fsp3) is 0.348. The molecule has 1 aliphatic rings. The number of hydrogen-bond donors (Lipinski definition) is 3. The minimum absolute atomic E-state index is 0.0209. The number of furan rings is 1. The van der Waals surface area contributed by atoms with Crippen molar-refractivity contribution in [3.8, 4) is 17.0 Å². The summed E-state index contributed by atoms with van der Waals surface area (Å²) in [6.45, 7) is 2.56. The number of phenols is 1. The molecule has 2 aromatic heterocycles. The lowest BCUT2D eigenvalue weighted by Gasteiger charge is -2.11. The van der Waals surface area contributed by atoms with Crippen molar-refractivity contribution >= 4 is 17.6 Å². The summed E-state index contributed by atoms with van der Waals surface area (Å²) < 4.78 is 6.54. The minimum Gasteiger partial charge on any atom is -0.507 e. The molecule has 0 atom stereocenters. The van der Waals surface area contributed by atoms with Crippen molar-refractivity contribution in [3.63, 3.8) is 0 Å². The molecule has 3 N–H and O–H groups in total. The monoisotopic (exact) mass is 422 g/mol. The Kier molecular flexibility index (Phi) is 6.06. The first-order valence-corrected chi connectivity index (χ1v) is 10.6. The van der Waals surface area contributed by atoms with E-state index in [1.807, 2.05) is 13.0 Å². The van der Waals surface area contributed by atoms with E-state index < -0.39 is 5.91 Å². The van der Waals surface area contributed by atoms with Crippen LogP contribution in [0, 0.1) is 0 Å². The molecule has 0 unspecified atom stereocenters. The Morgan fingerprint density at radius 1 is 1.23 bits per heavy atom. The Bertz CT molecular complexity index is 1070. The molecule has 162 valence electrons. The molecule has 1 saturated carbocycles. The highest BCUT2D eigenvalue weighted by Crippen LogP contribution is 2.38. The van der Waals surface area contributed by atoms with E-state index >= 15 is 0 Å². The maximum Gasteiger partial charge on any atom is 0.342 e. The molecule has 0 spiro atoms. The molecule has 4 rings (SSSR count). The number of nitrogens with one attached hydrogen (secondary N) is 2. The van der Waals surface area contributed by atoms with Gasteiger partial charge in [0.25, 0.3) is 5.91 Å². The fourth-order valence-electron chi connectivity index (χ4n) is 3.93. The number of amides is 2. The van der Waals surface area contributed by atoms with E-state index in [9.17, 15) is 14.7 Å². The summed E-state index contributed by atoms with van der Waals surface area (Å²) in [5, 5.41) is 20.6. The van der Waals surface area contributed by atoms with Crippen LogP contribution in [-0.2, 0) is 0 Å². The van der Waals surface area contributed by atoms with Crippen LogP contribution >= 0.6 is 0 Å². The highest BCUT2D eigenvalue weighted by Gasteiger charge is 2.26. The minimum atomic E-state index is -0.391. The second kappa shape index (κ2) is 9.07. The first-order valence-electron chi connectivity index (χ1n) is 10.6. The van der Waals surface area contributed by atoms with Crippen molar-refractivity contribution in [1.29, 1.82) is 0 Å². The van der Waals surface area contributed by atoms with Gasteiger partial charge in [-0.25, -0.2) is 4.79 Å². The lowest BCUT2D eigenvalue weighted by atomic mass is 10.0. The van der Waals surface area contributed by atoms with Gasteiger partial charge >= 0.3 is 6.03 Å². The molecular weight excluding hydrogens is 396 g/mol. The van der Waals surface area contributed by atoms with Crippen LogP contribution in [0.15, 0.2) is 47.1 Å². The number of carbonyl (C=O) groups is 2. The smallest absolute Gasteiger partial charge is 0.342 e. The Balaban J connectivity index is 1.66. The first-order chi connectivity index (χ1) is 15.1. The van der Waals surface area contributed by atoms with Crippen LogP contribution in [0.5, 0.6) is 5.75 Å². The van der Waals surface area contributed by atoms with Crippen LogP contribution in [0.3, 0.4) is 0 Å². The first kappa shape index (κ1) is 20.7. The summed E-state index contributed by atoms with van der Waals surface area (Å²) in [5.41, 5.74) is 2.27. The number of aromatic hydroxyl groups is 1. The SMILES string of the molecule is CCCNC(=O)n1nc(-c2cc(NC(=O)c3ccco3)ccc2O)cc1C1CCCC1. The predicted molar refractivity (Wildman–Crippen MR) is 116 cm³/mol. The molecule has 0 aliphatic heterocycles. The molecule has 8 heteroatoms. The number of rotatable bonds is 6. The highest BCUT2D eigenvalue weighted by atomic mass is 16.3. The number of carbonyl (C=O) groups excluding carboxylic acids is 2. The molecule has 0 saturated heterocycles. The van der Waals surface area contributed by atoms with Crippen LogP contribution in [0.1, 0.15) is 61.2 Å². The van der Waals surface area contributed by atoms with E-state index in [1.54, 1.807) is 24.3 Å². The number of nitrogens with zero attached hydrogens (tertiary/aromatic N) is 2. The zero-order valence-electron chi connectivity index (χ0n) is 17.4. The van der Waals surface area contributed by atoms with Gasteiger partial charge in [-0.2, -0.15) is 9.78 Å². The largest absolute Gasteiger partial charge is 0.507 e. The number of anilines is 1. The highest BCUT2D eigenvalue weighted by molar-refractivity contribution is 6.02. The molecule has 1 fully saturated rings. The number of hydrogen-bond acceptors (Lipinski definition) is 5. The topological polar surface area (TPSA) is 109 Å². The molecule has 2 heterocycles. The summed E-state index contributed by atoms with van der Waals surface area (Å²) in [6, 6.07) is 9.55. The summed E-state index contributed by atoms with van der Waals surface area (Å²) in [7, 11) is 0. The van der Waals surface area contributed by atoms with Gasteiger partial charge in [0.15, 0.2) is 5.76 Å². The Morgan fingerprint density at radius 2 is 2.03 bits per heavy atom. The van der Waals surface area contributed by atoms with Gasteiger partial charge in [-0.3, -0.25) is 4.79 Å². The van der Waals surface area contributed by atoms with Gasteiger partial charge in [0, 0.05) is 23.7 Å². The van der Waals surface area contributed by atoms with Crippen LogP contribution in [0.25, 0.3) is 11.3 Å². The van der Waals surface area contributed by atoms with Gasteiger partial charge in [0.05, 0.1) is 17.7 Å². The third-order valence-corrected chi connectivity index (χ3v) is 5.50. The number of aromatic nitrogens is 2. The zero-order valence-corrected chi connectivity index (χ0v) is 17.4. The summed E-state index contributed by atoms with van der Waals surface area (Å²) in [4.78, 5) is 25.0. The molecular formula is C23H26N4O4. The predicted octanol–water partition coefficient (Wildman–Crippen LogP) is 4.73. The molecule has 8 nitrogen and oxygen atoms in total. The van der Waals surface area contributed by atoms with Crippen molar-refractivity contribution < 1.29 is 19.1 Å². The second-order valence-corrected chi connectivity index (χ2v) is 7.74. The average molecular weight is 422 g/mol. The lowest BCUT2D eigenvalue weighted by molar-refractivity contribution is 0.0996. The van der Waals surface area contributed by atoms with Crippen molar-refractivity contribution in [1.82, 2.24) is 15.1 Å².